The van der Waals surface area contributed by atoms with Gasteiger partial charge in [0.05, 0.1) is 5.75 Å². The summed E-state index contributed by atoms with van der Waals surface area (Å²) in [6.07, 6.45) is 6.96. The van der Waals surface area contributed by atoms with Gasteiger partial charge in [0.25, 0.3) is 11.5 Å². The number of rotatable bonds is 7. The van der Waals surface area contributed by atoms with Gasteiger partial charge in [-0.05, 0) is 48.6 Å². The minimum Gasteiger partial charge on any atom is -0.349 e. The van der Waals surface area contributed by atoms with Crippen molar-refractivity contribution in [1.82, 2.24) is 14.8 Å². The molecule has 1 aliphatic heterocycles. The predicted molar refractivity (Wildman–Crippen MR) is 119 cm³/mol. The fourth-order valence-electron chi connectivity index (χ4n) is 3.92. The fourth-order valence-corrected chi connectivity index (χ4v) is 4.35. The van der Waals surface area contributed by atoms with Crippen LogP contribution in [0.5, 0.6) is 0 Å². The summed E-state index contributed by atoms with van der Waals surface area (Å²) in [5.74, 6) is 0.272. The molecule has 1 fully saturated rings. The Hall–Kier alpha value is -2.54. The van der Waals surface area contributed by atoms with Crippen LogP contribution < -0.4 is 10.9 Å². The summed E-state index contributed by atoms with van der Waals surface area (Å²) < 4.78 is 1.65. The maximum absolute atomic E-state index is 13.2. The summed E-state index contributed by atoms with van der Waals surface area (Å²) in [5, 5.41) is 2.98. The van der Waals surface area contributed by atoms with E-state index < -0.39 is 0 Å². The van der Waals surface area contributed by atoms with Crippen molar-refractivity contribution in [1.29, 1.82) is 0 Å². The summed E-state index contributed by atoms with van der Waals surface area (Å²) in [7, 11) is 0. The average molecular weight is 426 g/mol. The second kappa shape index (κ2) is 9.08. The number of carbonyl (C=O) groups excluding carboxylic acids is 2. The molecule has 0 saturated heterocycles. The molecule has 7 heteroatoms. The molecule has 0 atom stereocenters. The number of fused-ring (bicyclic) bond motifs is 1. The summed E-state index contributed by atoms with van der Waals surface area (Å²) in [4.78, 5) is 40.4. The number of nitrogens with zero attached hydrogens (tertiary/aromatic N) is 2. The van der Waals surface area contributed by atoms with Gasteiger partial charge >= 0.3 is 0 Å². The van der Waals surface area contributed by atoms with Crippen molar-refractivity contribution in [3.05, 3.63) is 69.1 Å². The smallest absolute Gasteiger partial charge is 0.263 e. The number of thioether (sulfide) groups is 1. The third kappa shape index (κ3) is 4.61. The largest absolute Gasteiger partial charge is 0.349 e. The maximum Gasteiger partial charge on any atom is 0.263 e. The second-order valence-electron chi connectivity index (χ2n) is 7.99. The number of aromatic nitrogens is 1. The molecule has 1 saturated carbocycles. The molecule has 2 heterocycles. The van der Waals surface area contributed by atoms with Crippen molar-refractivity contribution in [2.45, 2.75) is 44.8 Å². The SMILES string of the molecule is CSCC(=O)N1CCc2c(cn(CCc3ccccc3)c(=O)c2C(=O)NC2CC2)C1. The van der Waals surface area contributed by atoms with E-state index in [2.05, 4.69) is 5.32 Å². The second-order valence-corrected chi connectivity index (χ2v) is 8.85. The van der Waals surface area contributed by atoms with Crippen LogP contribution in [0, 0.1) is 0 Å². The zero-order valence-corrected chi connectivity index (χ0v) is 18.0. The molecule has 1 aromatic carbocycles. The molecule has 4 rings (SSSR count). The molecule has 2 aromatic rings. The van der Waals surface area contributed by atoms with Gasteiger partial charge < -0.3 is 14.8 Å². The number of benzene rings is 1. The van der Waals surface area contributed by atoms with E-state index in [4.69, 9.17) is 0 Å². The molecule has 2 aliphatic rings. The highest BCUT2D eigenvalue weighted by Gasteiger charge is 2.30. The van der Waals surface area contributed by atoms with E-state index in [1.54, 1.807) is 4.57 Å². The van der Waals surface area contributed by atoms with Gasteiger partial charge in [-0.25, -0.2) is 0 Å². The maximum atomic E-state index is 13.2. The van der Waals surface area contributed by atoms with Gasteiger partial charge in [0.1, 0.15) is 5.56 Å². The van der Waals surface area contributed by atoms with Crippen LogP contribution >= 0.6 is 11.8 Å². The first-order chi connectivity index (χ1) is 14.6. The van der Waals surface area contributed by atoms with E-state index in [1.807, 2.05) is 47.7 Å². The number of hydrogen-bond acceptors (Lipinski definition) is 4. The zero-order chi connectivity index (χ0) is 21.1. The number of carbonyl (C=O) groups is 2. The molecular formula is C23H27N3O3S. The highest BCUT2D eigenvalue weighted by molar-refractivity contribution is 7.99. The molecule has 0 bridgehead atoms. The van der Waals surface area contributed by atoms with Crippen LogP contribution in [0.25, 0.3) is 0 Å². The normalized spacial score (nSPS) is 15.6. The Balaban J connectivity index is 1.66. The van der Waals surface area contributed by atoms with Crippen molar-refractivity contribution in [2.24, 2.45) is 0 Å². The monoisotopic (exact) mass is 425 g/mol. The van der Waals surface area contributed by atoms with E-state index in [9.17, 15) is 14.4 Å². The number of amides is 2. The Kier molecular flexibility index (Phi) is 6.27. The number of nitrogens with one attached hydrogen (secondary N) is 1. The Bertz CT molecular complexity index is 999. The summed E-state index contributed by atoms with van der Waals surface area (Å²) >= 11 is 1.51. The highest BCUT2D eigenvalue weighted by atomic mass is 32.2. The van der Waals surface area contributed by atoms with Crippen molar-refractivity contribution in [3.8, 4) is 0 Å². The van der Waals surface area contributed by atoms with Crippen molar-refractivity contribution >= 4 is 23.6 Å². The lowest BCUT2D eigenvalue weighted by Gasteiger charge is -2.30. The lowest BCUT2D eigenvalue weighted by molar-refractivity contribution is -0.129. The van der Waals surface area contributed by atoms with Gasteiger partial charge in [-0.2, -0.15) is 11.8 Å². The van der Waals surface area contributed by atoms with Crippen LogP contribution in [0.4, 0.5) is 0 Å². The van der Waals surface area contributed by atoms with Crippen LogP contribution in [0.3, 0.4) is 0 Å². The number of hydrogen-bond donors (Lipinski definition) is 1. The van der Waals surface area contributed by atoms with Gasteiger partial charge in [-0.3, -0.25) is 14.4 Å². The highest BCUT2D eigenvalue weighted by Crippen LogP contribution is 2.24. The molecular weight excluding hydrogens is 398 g/mol. The summed E-state index contributed by atoms with van der Waals surface area (Å²) in [5.41, 5.74) is 2.89. The standard InChI is InChI=1S/C23H27N3O3S/c1-30-15-20(27)25-12-10-19-17(13-25)14-26(11-9-16-5-3-2-4-6-16)23(29)21(19)22(28)24-18-7-8-18/h2-6,14,18H,7-13,15H2,1H3,(H,24,28). The average Bonchev–Trinajstić information content (AvgIpc) is 3.56. The minimum absolute atomic E-state index is 0.0965. The Morgan fingerprint density at radius 3 is 2.67 bits per heavy atom. The van der Waals surface area contributed by atoms with Crippen LogP contribution in [-0.2, 0) is 30.7 Å². The molecule has 1 aromatic heterocycles. The quantitative estimate of drug-likeness (QED) is 0.739. The van der Waals surface area contributed by atoms with E-state index in [0.717, 1.165) is 29.5 Å². The molecule has 158 valence electrons. The lowest BCUT2D eigenvalue weighted by atomic mass is 9.95. The van der Waals surface area contributed by atoms with Crippen LogP contribution in [0.2, 0.25) is 0 Å². The number of pyridine rings is 1. The van der Waals surface area contributed by atoms with Gasteiger partial charge in [0.2, 0.25) is 5.91 Å². The first-order valence-electron chi connectivity index (χ1n) is 10.4. The summed E-state index contributed by atoms with van der Waals surface area (Å²) in [6.45, 7) is 1.49. The molecule has 0 unspecified atom stereocenters. The third-order valence-corrected chi connectivity index (χ3v) is 6.25. The van der Waals surface area contributed by atoms with Crippen molar-refractivity contribution < 1.29 is 9.59 Å². The van der Waals surface area contributed by atoms with Gasteiger partial charge in [-0.1, -0.05) is 30.3 Å². The Labute approximate surface area is 180 Å². The fraction of sp³-hybridized carbons (Fsp3) is 0.435. The zero-order valence-electron chi connectivity index (χ0n) is 17.2. The molecule has 0 spiro atoms. The minimum atomic E-state index is -0.267. The topological polar surface area (TPSA) is 71.4 Å². The van der Waals surface area contributed by atoms with Crippen LogP contribution in [0.15, 0.2) is 41.3 Å². The van der Waals surface area contributed by atoms with Gasteiger partial charge in [0.15, 0.2) is 0 Å². The molecule has 6 nitrogen and oxygen atoms in total. The van der Waals surface area contributed by atoms with Crippen molar-refractivity contribution in [2.75, 3.05) is 18.6 Å². The van der Waals surface area contributed by atoms with E-state index in [1.165, 1.54) is 11.8 Å². The molecule has 2 amide bonds. The Morgan fingerprint density at radius 2 is 1.97 bits per heavy atom. The molecule has 30 heavy (non-hydrogen) atoms. The van der Waals surface area contributed by atoms with Gasteiger partial charge in [-0.15, -0.1) is 0 Å². The Morgan fingerprint density at radius 1 is 1.20 bits per heavy atom. The summed E-state index contributed by atoms with van der Waals surface area (Å²) in [6, 6.07) is 10.2. The first-order valence-corrected chi connectivity index (χ1v) is 11.8. The third-order valence-electron chi connectivity index (χ3n) is 5.71. The molecule has 0 radical (unpaired) electrons. The van der Waals surface area contributed by atoms with E-state index >= 15 is 0 Å². The van der Waals surface area contributed by atoms with E-state index in [-0.39, 0.29) is 29.0 Å². The van der Waals surface area contributed by atoms with Crippen LogP contribution in [0.1, 0.15) is 39.9 Å². The number of aryl methyl sites for hydroxylation is 2. The van der Waals surface area contributed by atoms with Crippen LogP contribution in [-0.4, -0.2) is 45.9 Å². The first kappa shape index (κ1) is 20.7. The predicted octanol–water partition coefficient (Wildman–Crippen LogP) is 2.23. The van der Waals surface area contributed by atoms with Crippen molar-refractivity contribution in [3.63, 3.8) is 0 Å². The lowest BCUT2D eigenvalue weighted by Crippen LogP contribution is -2.42. The molecule has 1 aliphatic carbocycles. The molecule has 1 N–H and O–H groups in total. The van der Waals surface area contributed by atoms with E-state index in [0.29, 0.717) is 38.2 Å². The van der Waals surface area contributed by atoms with Gasteiger partial charge in [0, 0.05) is 31.9 Å².